The molecule has 0 heterocycles. The van der Waals surface area contributed by atoms with Crippen LogP contribution in [0.3, 0.4) is 0 Å². The Kier molecular flexibility index (Phi) is 3.48. The molecule has 0 fully saturated rings. The molecular formula is C7H15NO3. The molecule has 0 aliphatic heterocycles. The van der Waals surface area contributed by atoms with Crippen LogP contribution in [0.1, 0.15) is 20.3 Å². The van der Waals surface area contributed by atoms with Crippen molar-refractivity contribution in [2.24, 2.45) is 0 Å². The Labute approximate surface area is 66.4 Å². The number of nitrogens with zero attached hydrogens (tertiary/aromatic N) is 1. The minimum atomic E-state index is -1.24. The standard InChI is InChI=1S/C7H15NO3/c1-4-8(3)7(2,11)5-6(9)10/h11H,4-5H2,1-3H3,(H,9,10)/t7-/m1/s1. The number of hydrogen-bond acceptors (Lipinski definition) is 3. The zero-order valence-corrected chi connectivity index (χ0v) is 7.16. The molecule has 0 rings (SSSR count). The third kappa shape index (κ3) is 3.34. The predicted octanol–water partition coefficient (Wildman–Crippen LogP) is 0.121. The van der Waals surface area contributed by atoms with E-state index in [1.54, 1.807) is 11.9 Å². The number of aliphatic hydroxyl groups is 1. The Morgan fingerprint density at radius 2 is 2.09 bits per heavy atom. The molecule has 0 bridgehead atoms. The van der Waals surface area contributed by atoms with Crippen molar-refractivity contribution >= 4 is 5.97 Å². The van der Waals surface area contributed by atoms with Crippen molar-refractivity contribution in [3.63, 3.8) is 0 Å². The van der Waals surface area contributed by atoms with Gasteiger partial charge in [-0.15, -0.1) is 0 Å². The molecule has 0 amide bonds. The summed E-state index contributed by atoms with van der Waals surface area (Å²) in [6.07, 6.45) is -0.253. The van der Waals surface area contributed by atoms with Crippen LogP contribution < -0.4 is 0 Å². The summed E-state index contributed by atoms with van der Waals surface area (Å²) in [6, 6.07) is 0. The molecule has 0 unspecified atom stereocenters. The summed E-state index contributed by atoms with van der Waals surface area (Å²) in [5, 5.41) is 17.9. The van der Waals surface area contributed by atoms with Gasteiger partial charge in [-0.25, -0.2) is 0 Å². The highest BCUT2D eigenvalue weighted by atomic mass is 16.4. The number of aliphatic carboxylic acids is 1. The Bertz CT molecular complexity index is 145. The minimum absolute atomic E-state index is 0.253. The van der Waals surface area contributed by atoms with Crippen LogP contribution in [0.15, 0.2) is 0 Å². The van der Waals surface area contributed by atoms with E-state index in [0.29, 0.717) is 6.54 Å². The van der Waals surface area contributed by atoms with Crippen LogP contribution in [0.5, 0.6) is 0 Å². The fourth-order valence-electron chi connectivity index (χ4n) is 0.762. The van der Waals surface area contributed by atoms with Gasteiger partial charge in [-0.3, -0.25) is 9.69 Å². The summed E-state index contributed by atoms with van der Waals surface area (Å²) < 4.78 is 0. The van der Waals surface area contributed by atoms with Crippen molar-refractivity contribution in [2.45, 2.75) is 26.0 Å². The summed E-state index contributed by atoms with van der Waals surface area (Å²) in [5.41, 5.74) is -1.24. The largest absolute Gasteiger partial charge is 0.481 e. The summed E-state index contributed by atoms with van der Waals surface area (Å²) in [5.74, 6) is -0.990. The maximum atomic E-state index is 10.2. The van der Waals surface area contributed by atoms with E-state index >= 15 is 0 Å². The lowest BCUT2D eigenvalue weighted by atomic mass is 10.1. The van der Waals surface area contributed by atoms with Crippen molar-refractivity contribution in [3.05, 3.63) is 0 Å². The second kappa shape index (κ2) is 3.69. The Balaban J connectivity index is 4.08. The molecule has 0 aromatic heterocycles. The van der Waals surface area contributed by atoms with Gasteiger partial charge in [0.05, 0.1) is 6.42 Å². The fourth-order valence-corrected chi connectivity index (χ4v) is 0.762. The average Bonchev–Trinajstić information content (AvgIpc) is 1.83. The Hall–Kier alpha value is -0.610. The average molecular weight is 161 g/mol. The SMILES string of the molecule is CCN(C)[C@](C)(O)CC(=O)O. The lowest BCUT2D eigenvalue weighted by molar-refractivity contribution is -0.151. The molecule has 4 heteroatoms. The highest BCUT2D eigenvalue weighted by molar-refractivity contribution is 5.67. The van der Waals surface area contributed by atoms with Crippen LogP contribution in [-0.2, 0) is 4.79 Å². The molecule has 0 aliphatic carbocycles. The molecule has 0 aromatic rings. The van der Waals surface area contributed by atoms with E-state index in [4.69, 9.17) is 5.11 Å². The molecule has 0 aromatic carbocycles. The molecule has 66 valence electrons. The maximum absolute atomic E-state index is 10.2. The van der Waals surface area contributed by atoms with Crippen LogP contribution >= 0.6 is 0 Å². The van der Waals surface area contributed by atoms with E-state index in [9.17, 15) is 9.90 Å². The second-order valence-corrected chi connectivity index (χ2v) is 2.80. The van der Waals surface area contributed by atoms with E-state index < -0.39 is 11.7 Å². The van der Waals surface area contributed by atoms with Gasteiger partial charge < -0.3 is 10.2 Å². The molecular weight excluding hydrogens is 146 g/mol. The van der Waals surface area contributed by atoms with Crippen molar-refractivity contribution in [2.75, 3.05) is 13.6 Å². The van der Waals surface area contributed by atoms with E-state index in [1.165, 1.54) is 6.92 Å². The number of rotatable bonds is 4. The summed E-state index contributed by atoms with van der Waals surface area (Å²) >= 11 is 0. The normalized spacial score (nSPS) is 16.5. The van der Waals surface area contributed by atoms with Crippen molar-refractivity contribution in [1.29, 1.82) is 0 Å². The molecule has 2 N–H and O–H groups in total. The van der Waals surface area contributed by atoms with Gasteiger partial charge in [-0.05, 0) is 20.5 Å². The number of carbonyl (C=O) groups is 1. The summed E-state index contributed by atoms with van der Waals surface area (Å²) in [4.78, 5) is 11.8. The van der Waals surface area contributed by atoms with Gasteiger partial charge in [0.15, 0.2) is 0 Å². The predicted molar refractivity (Wildman–Crippen MR) is 41.2 cm³/mol. The topological polar surface area (TPSA) is 60.8 Å². The first-order chi connectivity index (χ1) is 4.90. The highest BCUT2D eigenvalue weighted by Crippen LogP contribution is 2.12. The Morgan fingerprint density at radius 1 is 1.64 bits per heavy atom. The molecule has 0 radical (unpaired) electrons. The molecule has 0 saturated carbocycles. The molecule has 0 saturated heterocycles. The van der Waals surface area contributed by atoms with Crippen LogP contribution in [0.25, 0.3) is 0 Å². The van der Waals surface area contributed by atoms with Gasteiger partial charge in [0.25, 0.3) is 0 Å². The number of carboxylic acid groups (broad SMARTS) is 1. The van der Waals surface area contributed by atoms with Gasteiger partial charge >= 0.3 is 5.97 Å². The summed E-state index contributed by atoms with van der Waals surface area (Å²) in [6.45, 7) is 3.97. The van der Waals surface area contributed by atoms with Crippen LogP contribution in [0.4, 0.5) is 0 Å². The van der Waals surface area contributed by atoms with Gasteiger partial charge in [-0.2, -0.15) is 0 Å². The Morgan fingerprint density at radius 3 is 2.36 bits per heavy atom. The maximum Gasteiger partial charge on any atom is 0.307 e. The van der Waals surface area contributed by atoms with Gasteiger partial charge in [0.1, 0.15) is 5.72 Å². The second-order valence-electron chi connectivity index (χ2n) is 2.80. The third-order valence-electron chi connectivity index (χ3n) is 1.78. The lowest BCUT2D eigenvalue weighted by Crippen LogP contribution is -2.45. The van der Waals surface area contributed by atoms with Crippen molar-refractivity contribution < 1.29 is 15.0 Å². The monoisotopic (exact) mass is 161 g/mol. The van der Waals surface area contributed by atoms with Crippen LogP contribution in [-0.4, -0.2) is 40.4 Å². The fraction of sp³-hybridized carbons (Fsp3) is 0.857. The first-order valence-electron chi connectivity index (χ1n) is 3.55. The highest BCUT2D eigenvalue weighted by Gasteiger charge is 2.27. The summed E-state index contributed by atoms with van der Waals surface area (Å²) in [7, 11) is 1.68. The number of carboxylic acids is 1. The van der Waals surface area contributed by atoms with E-state index in [-0.39, 0.29) is 6.42 Å². The van der Waals surface area contributed by atoms with Gasteiger partial charge in [-0.1, -0.05) is 6.92 Å². The number of hydrogen-bond donors (Lipinski definition) is 2. The first-order valence-corrected chi connectivity index (χ1v) is 3.55. The van der Waals surface area contributed by atoms with Crippen LogP contribution in [0, 0.1) is 0 Å². The van der Waals surface area contributed by atoms with E-state index in [0.717, 1.165) is 0 Å². The molecule has 11 heavy (non-hydrogen) atoms. The van der Waals surface area contributed by atoms with Crippen LogP contribution in [0.2, 0.25) is 0 Å². The lowest BCUT2D eigenvalue weighted by Gasteiger charge is -2.31. The smallest absolute Gasteiger partial charge is 0.307 e. The van der Waals surface area contributed by atoms with Crippen molar-refractivity contribution in [3.8, 4) is 0 Å². The first kappa shape index (κ1) is 10.4. The van der Waals surface area contributed by atoms with E-state index in [2.05, 4.69) is 0 Å². The zero-order valence-electron chi connectivity index (χ0n) is 7.16. The molecule has 0 spiro atoms. The zero-order chi connectivity index (χ0) is 9.07. The molecule has 1 atom stereocenters. The molecule has 4 nitrogen and oxygen atoms in total. The quantitative estimate of drug-likeness (QED) is 0.575. The van der Waals surface area contributed by atoms with Gasteiger partial charge in [0, 0.05) is 0 Å². The van der Waals surface area contributed by atoms with Crippen molar-refractivity contribution in [1.82, 2.24) is 4.90 Å². The third-order valence-corrected chi connectivity index (χ3v) is 1.78. The molecule has 0 aliphatic rings. The minimum Gasteiger partial charge on any atom is -0.481 e. The van der Waals surface area contributed by atoms with Gasteiger partial charge in [0.2, 0.25) is 0 Å². The van der Waals surface area contributed by atoms with E-state index in [1.807, 2.05) is 6.92 Å².